The summed E-state index contributed by atoms with van der Waals surface area (Å²) in [6.07, 6.45) is 4.93. The zero-order chi connectivity index (χ0) is 20.7. The number of nitrogens with one attached hydrogen (secondary N) is 1. The van der Waals surface area contributed by atoms with Crippen molar-refractivity contribution in [2.45, 2.75) is 31.7 Å². The molecule has 3 aliphatic rings. The molecular formula is C22H25N5O3. The van der Waals surface area contributed by atoms with Gasteiger partial charge in [-0.15, -0.1) is 0 Å². The monoisotopic (exact) mass is 407 g/mol. The third-order valence-corrected chi connectivity index (χ3v) is 6.33. The van der Waals surface area contributed by atoms with E-state index in [1.165, 1.54) is 0 Å². The Balaban J connectivity index is 1.42. The number of hydrogen-bond acceptors (Lipinski definition) is 6. The molecular weight excluding hydrogens is 382 g/mol. The second kappa shape index (κ2) is 7.68. The van der Waals surface area contributed by atoms with Crippen LogP contribution in [-0.2, 0) is 0 Å². The molecule has 8 heteroatoms. The lowest BCUT2D eigenvalue weighted by atomic mass is 9.96. The molecule has 156 valence electrons. The van der Waals surface area contributed by atoms with Gasteiger partial charge in [0.15, 0.2) is 11.6 Å². The number of nitrogens with zero attached hydrogens (tertiary/aromatic N) is 4. The van der Waals surface area contributed by atoms with Crippen molar-refractivity contribution in [1.29, 1.82) is 0 Å². The number of carbonyl (C=O) groups excluding carboxylic acids is 2. The predicted molar refractivity (Wildman–Crippen MR) is 113 cm³/mol. The SMILES string of the molecule is O=C(C[C@@H](CO)C1CC1)c1ccc2c(n1)N(C(=O)Nc1ccccn1)[C@H]1CCN2C1. The molecule has 2 fully saturated rings. The standard InChI is InChI=1S/C22H25N5O3/c28-13-15(14-4-5-14)11-19(29)17-6-7-18-21(24-17)27(16-8-10-26(18)12-16)22(30)25-20-3-1-2-9-23-20/h1-3,6-7,9,14-16,28H,4-5,8,10-13H2,(H,23,25,30)/t15-,16-/m0/s1. The maximum Gasteiger partial charge on any atom is 0.329 e. The topological polar surface area (TPSA) is 98.7 Å². The van der Waals surface area contributed by atoms with E-state index in [1.54, 1.807) is 29.3 Å². The third kappa shape index (κ3) is 3.52. The predicted octanol–water partition coefficient (Wildman–Crippen LogP) is 2.70. The molecule has 2 atom stereocenters. The fourth-order valence-corrected chi connectivity index (χ4v) is 4.52. The van der Waals surface area contributed by atoms with Crippen molar-refractivity contribution in [2.24, 2.45) is 11.8 Å². The highest BCUT2D eigenvalue weighted by atomic mass is 16.3. The Morgan fingerprint density at radius 2 is 2.07 bits per heavy atom. The summed E-state index contributed by atoms with van der Waals surface area (Å²) >= 11 is 0. The van der Waals surface area contributed by atoms with Crippen LogP contribution in [0.5, 0.6) is 0 Å². The largest absolute Gasteiger partial charge is 0.396 e. The van der Waals surface area contributed by atoms with Gasteiger partial charge < -0.3 is 10.0 Å². The molecule has 5 rings (SSSR count). The zero-order valence-corrected chi connectivity index (χ0v) is 16.7. The van der Waals surface area contributed by atoms with E-state index in [0.717, 1.165) is 38.0 Å². The molecule has 2 N–H and O–H groups in total. The summed E-state index contributed by atoms with van der Waals surface area (Å²) in [6.45, 7) is 1.63. The van der Waals surface area contributed by atoms with Crippen LogP contribution in [0.3, 0.4) is 0 Å². The van der Waals surface area contributed by atoms with Gasteiger partial charge in [0.25, 0.3) is 0 Å². The minimum absolute atomic E-state index is 0.00109. The number of hydrogen-bond donors (Lipinski definition) is 2. The Morgan fingerprint density at radius 3 is 2.80 bits per heavy atom. The highest BCUT2D eigenvalue weighted by molar-refractivity contribution is 6.05. The van der Waals surface area contributed by atoms with Crippen molar-refractivity contribution >= 4 is 29.1 Å². The van der Waals surface area contributed by atoms with Crippen molar-refractivity contribution in [3.05, 3.63) is 42.2 Å². The lowest BCUT2D eigenvalue weighted by molar-refractivity contribution is 0.0919. The Hall–Kier alpha value is -3.00. The van der Waals surface area contributed by atoms with Crippen LogP contribution < -0.4 is 15.1 Å². The van der Waals surface area contributed by atoms with Crippen LogP contribution >= 0.6 is 0 Å². The summed E-state index contributed by atoms with van der Waals surface area (Å²) in [5, 5.41) is 12.5. The number of amides is 2. The van der Waals surface area contributed by atoms with E-state index in [-0.39, 0.29) is 30.4 Å². The van der Waals surface area contributed by atoms with Gasteiger partial charge in [-0.25, -0.2) is 14.8 Å². The van der Waals surface area contributed by atoms with Crippen molar-refractivity contribution < 1.29 is 14.7 Å². The molecule has 1 saturated heterocycles. The number of aliphatic hydroxyl groups is 1. The van der Waals surface area contributed by atoms with Gasteiger partial charge >= 0.3 is 6.03 Å². The number of fused-ring (bicyclic) bond motifs is 4. The van der Waals surface area contributed by atoms with Gasteiger partial charge in [0.05, 0.1) is 11.7 Å². The quantitative estimate of drug-likeness (QED) is 0.715. The Kier molecular flexibility index (Phi) is 4.86. The Bertz CT molecular complexity index is 963. The molecule has 2 aromatic rings. The van der Waals surface area contributed by atoms with E-state index < -0.39 is 0 Å². The molecule has 2 amide bonds. The van der Waals surface area contributed by atoms with Crippen LogP contribution in [0, 0.1) is 11.8 Å². The molecule has 30 heavy (non-hydrogen) atoms. The van der Waals surface area contributed by atoms with E-state index >= 15 is 0 Å². The van der Waals surface area contributed by atoms with Crippen molar-refractivity contribution in [3.63, 3.8) is 0 Å². The molecule has 2 aromatic heterocycles. The molecule has 0 radical (unpaired) electrons. The summed E-state index contributed by atoms with van der Waals surface area (Å²) in [5.41, 5.74) is 1.23. The molecule has 0 aromatic carbocycles. The lowest BCUT2D eigenvalue weighted by Crippen LogP contribution is -2.48. The van der Waals surface area contributed by atoms with E-state index in [9.17, 15) is 14.7 Å². The number of pyridine rings is 2. The maximum atomic E-state index is 13.1. The highest BCUT2D eigenvalue weighted by Crippen LogP contribution is 2.41. The van der Waals surface area contributed by atoms with Gasteiger partial charge in [-0.2, -0.15) is 0 Å². The van der Waals surface area contributed by atoms with Crippen molar-refractivity contribution in [3.8, 4) is 0 Å². The van der Waals surface area contributed by atoms with Gasteiger partial charge in [0, 0.05) is 32.3 Å². The van der Waals surface area contributed by atoms with Crippen molar-refractivity contribution in [2.75, 3.05) is 34.8 Å². The van der Waals surface area contributed by atoms with E-state index in [1.807, 2.05) is 12.1 Å². The number of aliphatic hydroxyl groups excluding tert-OH is 1. The van der Waals surface area contributed by atoms with Gasteiger partial charge in [-0.05, 0) is 55.4 Å². The van der Waals surface area contributed by atoms with E-state index in [4.69, 9.17) is 0 Å². The van der Waals surface area contributed by atoms with Crippen LogP contribution in [0.2, 0.25) is 0 Å². The minimum atomic E-state index is -0.287. The van der Waals surface area contributed by atoms with Gasteiger partial charge in [0.2, 0.25) is 0 Å². The van der Waals surface area contributed by atoms with Gasteiger partial charge in [-0.3, -0.25) is 15.0 Å². The molecule has 8 nitrogen and oxygen atoms in total. The third-order valence-electron chi connectivity index (χ3n) is 6.33. The molecule has 1 saturated carbocycles. The first-order chi connectivity index (χ1) is 14.6. The van der Waals surface area contributed by atoms with Gasteiger partial charge in [0.1, 0.15) is 11.5 Å². The van der Waals surface area contributed by atoms with E-state index in [0.29, 0.717) is 29.7 Å². The number of aromatic nitrogens is 2. The van der Waals surface area contributed by atoms with Crippen LogP contribution in [0.1, 0.15) is 36.2 Å². The summed E-state index contributed by atoms with van der Waals surface area (Å²) in [7, 11) is 0. The fourth-order valence-electron chi connectivity index (χ4n) is 4.52. The normalized spacial score (nSPS) is 20.6. The number of ketones is 1. The summed E-state index contributed by atoms with van der Waals surface area (Å²) in [6, 6.07) is 8.71. The summed E-state index contributed by atoms with van der Waals surface area (Å²) in [5.74, 6) is 1.36. The molecule has 2 aliphatic heterocycles. The van der Waals surface area contributed by atoms with Crippen molar-refractivity contribution in [1.82, 2.24) is 9.97 Å². The zero-order valence-electron chi connectivity index (χ0n) is 16.7. The summed E-state index contributed by atoms with van der Waals surface area (Å²) in [4.78, 5) is 38.7. The number of urea groups is 1. The number of rotatable bonds is 6. The van der Waals surface area contributed by atoms with Crippen LogP contribution in [-0.4, -0.2) is 52.6 Å². The Morgan fingerprint density at radius 1 is 1.20 bits per heavy atom. The molecule has 4 heterocycles. The van der Waals surface area contributed by atoms with Crippen LogP contribution in [0.4, 0.5) is 22.1 Å². The number of carbonyl (C=O) groups is 2. The highest BCUT2D eigenvalue weighted by Gasteiger charge is 2.41. The second-order valence-corrected chi connectivity index (χ2v) is 8.35. The molecule has 0 unspecified atom stereocenters. The van der Waals surface area contributed by atoms with Crippen LogP contribution in [0.15, 0.2) is 36.5 Å². The first-order valence-corrected chi connectivity index (χ1v) is 10.6. The number of anilines is 3. The lowest BCUT2D eigenvalue weighted by Gasteiger charge is -2.35. The molecule has 0 spiro atoms. The average molecular weight is 407 g/mol. The first kappa shape index (κ1) is 19.0. The number of Topliss-reactive ketones (excluding diaryl/α,β-unsaturated/α-hetero) is 1. The van der Waals surface area contributed by atoms with E-state index in [2.05, 4.69) is 20.2 Å². The second-order valence-electron chi connectivity index (χ2n) is 8.35. The average Bonchev–Trinajstić information content (AvgIpc) is 3.53. The minimum Gasteiger partial charge on any atom is -0.396 e. The first-order valence-electron chi connectivity index (χ1n) is 10.6. The Labute approximate surface area is 174 Å². The smallest absolute Gasteiger partial charge is 0.329 e. The maximum absolute atomic E-state index is 13.1. The molecule has 2 bridgehead atoms. The summed E-state index contributed by atoms with van der Waals surface area (Å²) < 4.78 is 0. The van der Waals surface area contributed by atoms with Gasteiger partial charge in [-0.1, -0.05) is 6.07 Å². The van der Waals surface area contributed by atoms with Crippen LogP contribution in [0.25, 0.3) is 0 Å². The molecule has 1 aliphatic carbocycles. The fraction of sp³-hybridized carbons (Fsp3) is 0.455.